The van der Waals surface area contributed by atoms with Crippen molar-refractivity contribution in [3.63, 3.8) is 0 Å². The van der Waals surface area contributed by atoms with Gasteiger partial charge in [-0.15, -0.1) is 0 Å². The third-order valence-corrected chi connectivity index (χ3v) is 8.34. The van der Waals surface area contributed by atoms with E-state index >= 15 is 0 Å². The molecular weight excluding hydrogens is 502 g/mol. The summed E-state index contributed by atoms with van der Waals surface area (Å²) >= 11 is 6.07. The summed E-state index contributed by atoms with van der Waals surface area (Å²) in [7, 11) is -3.26. The second kappa shape index (κ2) is 10.3. The van der Waals surface area contributed by atoms with Crippen molar-refractivity contribution in [2.75, 3.05) is 7.11 Å². The number of carboxylic acid groups (broad SMARTS) is 1. The van der Waals surface area contributed by atoms with Crippen molar-refractivity contribution in [1.29, 1.82) is 0 Å². The summed E-state index contributed by atoms with van der Waals surface area (Å²) in [4.78, 5) is 24.6. The first kappa shape index (κ1) is 25.6. The monoisotopic (exact) mass is 525 g/mol. The minimum absolute atomic E-state index is 0.0835. The first-order valence-electron chi connectivity index (χ1n) is 11.1. The maximum Gasteiger partial charge on any atom is 0.339 e. The topological polar surface area (TPSA) is 101 Å². The van der Waals surface area contributed by atoms with Crippen LogP contribution < -0.4 is 0 Å². The maximum absolute atomic E-state index is 14.4. The molecule has 186 valence electrons. The Balaban J connectivity index is 2.01. The Morgan fingerprint density at radius 3 is 2.19 bits per heavy atom. The van der Waals surface area contributed by atoms with Crippen LogP contribution in [0.1, 0.15) is 45.6 Å². The zero-order valence-electron chi connectivity index (χ0n) is 19.6. The molecule has 0 radical (unpaired) electrons. The minimum atomic E-state index is -4.43. The van der Waals surface area contributed by atoms with Crippen LogP contribution in [0.3, 0.4) is 0 Å². The summed E-state index contributed by atoms with van der Waals surface area (Å²) in [5.41, 5.74) is 1.91. The average Bonchev–Trinajstić information content (AvgIpc) is 2.88. The molecule has 36 heavy (non-hydrogen) atoms. The number of halogens is 1. The van der Waals surface area contributed by atoms with Gasteiger partial charge in [-0.2, -0.15) is 4.31 Å². The van der Waals surface area contributed by atoms with Gasteiger partial charge in [-0.05, 0) is 48.7 Å². The number of rotatable bonds is 6. The maximum atomic E-state index is 14.4. The molecule has 3 aromatic carbocycles. The van der Waals surface area contributed by atoms with Gasteiger partial charge in [0, 0.05) is 5.02 Å². The summed E-state index contributed by atoms with van der Waals surface area (Å²) in [6, 6.07) is 17.6. The SMILES string of the molecule is COC(=O)c1ccccc1S(=O)(=O)N1[C@@H](c2ccc(Cl)cc2)C(C(=O)O)=CC[C@H]1c1ccc(C)cc1. The Morgan fingerprint density at radius 2 is 1.58 bits per heavy atom. The number of esters is 1. The van der Waals surface area contributed by atoms with Crippen molar-refractivity contribution in [1.82, 2.24) is 4.31 Å². The van der Waals surface area contributed by atoms with Crippen LogP contribution in [0.4, 0.5) is 0 Å². The molecule has 9 heteroatoms. The first-order chi connectivity index (χ1) is 17.1. The fourth-order valence-electron chi connectivity index (χ4n) is 4.41. The third kappa shape index (κ3) is 4.80. The lowest BCUT2D eigenvalue weighted by atomic mass is 9.89. The van der Waals surface area contributed by atoms with E-state index in [-0.39, 0.29) is 22.5 Å². The molecule has 0 amide bonds. The molecule has 0 bridgehead atoms. The van der Waals surface area contributed by atoms with Crippen LogP contribution in [0.15, 0.2) is 89.3 Å². The van der Waals surface area contributed by atoms with Crippen LogP contribution in [0.2, 0.25) is 5.02 Å². The zero-order chi connectivity index (χ0) is 26.0. The van der Waals surface area contributed by atoms with E-state index in [0.717, 1.165) is 5.56 Å². The number of carbonyl (C=O) groups excluding carboxylic acids is 1. The number of hydrogen-bond acceptors (Lipinski definition) is 5. The number of sulfonamides is 1. The largest absolute Gasteiger partial charge is 0.478 e. The second-order valence-electron chi connectivity index (χ2n) is 8.40. The van der Waals surface area contributed by atoms with Gasteiger partial charge in [-0.3, -0.25) is 0 Å². The van der Waals surface area contributed by atoms with E-state index in [1.54, 1.807) is 30.3 Å². The van der Waals surface area contributed by atoms with E-state index in [2.05, 4.69) is 0 Å². The molecule has 2 atom stereocenters. The number of aliphatic carboxylic acids is 1. The molecular formula is C27H24ClNO6S. The van der Waals surface area contributed by atoms with Crippen LogP contribution >= 0.6 is 11.6 Å². The normalized spacial score (nSPS) is 18.4. The number of carbonyl (C=O) groups is 2. The Morgan fingerprint density at radius 1 is 0.972 bits per heavy atom. The molecule has 4 rings (SSSR count). The highest BCUT2D eigenvalue weighted by Gasteiger charge is 2.45. The predicted molar refractivity (Wildman–Crippen MR) is 135 cm³/mol. The Labute approximate surface area is 214 Å². The first-order valence-corrected chi connectivity index (χ1v) is 12.9. The second-order valence-corrected chi connectivity index (χ2v) is 10.7. The molecule has 0 unspecified atom stereocenters. The highest BCUT2D eigenvalue weighted by atomic mass is 35.5. The number of nitrogens with zero attached hydrogens (tertiary/aromatic N) is 1. The van der Waals surface area contributed by atoms with E-state index in [4.69, 9.17) is 16.3 Å². The number of ether oxygens (including phenoxy) is 1. The Bertz CT molecular complexity index is 1430. The van der Waals surface area contributed by atoms with Crippen molar-refractivity contribution in [3.05, 3.63) is 112 Å². The number of aryl methyl sites for hydroxylation is 1. The third-order valence-electron chi connectivity index (χ3n) is 6.16. The molecule has 1 heterocycles. The number of benzene rings is 3. The summed E-state index contributed by atoms with van der Waals surface area (Å²) in [5, 5.41) is 10.5. The van der Waals surface area contributed by atoms with Crippen LogP contribution in [-0.4, -0.2) is 36.9 Å². The van der Waals surface area contributed by atoms with Gasteiger partial charge in [0.1, 0.15) is 0 Å². The van der Waals surface area contributed by atoms with Crippen LogP contribution in [0, 0.1) is 6.92 Å². The molecule has 1 aliphatic rings. The molecule has 3 aromatic rings. The molecule has 0 saturated heterocycles. The smallest absolute Gasteiger partial charge is 0.339 e. The van der Waals surface area contributed by atoms with E-state index in [0.29, 0.717) is 16.1 Å². The van der Waals surface area contributed by atoms with Gasteiger partial charge >= 0.3 is 11.9 Å². The van der Waals surface area contributed by atoms with Crippen molar-refractivity contribution < 1.29 is 27.9 Å². The van der Waals surface area contributed by atoms with E-state index < -0.39 is 34.0 Å². The number of methoxy groups -OCH3 is 1. The molecule has 0 aliphatic carbocycles. The summed E-state index contributed by atoms with van der Waals surface area (Å²) in [6.45, 7) is 1.92. The minimum Gasteiger partial charge on any atom is -0.478 e. The standard InChI is InChI=1S/C27H24ClNO6S/c1-17-7-9-18(10-8-17)23-16-15-22(26(30)31)25(19-11-13-20(28)14-12-19)29(23)36(33,34)24-6-4-3-5-21(24)27(32)35-2/h3-15,23,25H,16H2,1-2H3,(H,30,31)/t23-,25-/m0/s1. The molecule has 0 aromatic heterocycles. The lowest BCUT2D eigenvalue weighted by Crippen LogP contribution is -2.42. The highest BCUT2D eigenvalue weighted by Crippen LogP contribution is 2.46. The Hall–Kier alpha value is -3.46. The molecule has 1 aliphatic heterocycles. The van der Waals surface area contributed by atoms with Crippen LogP contribution in [0.25, 0.3) is 0 Å². The van der Waals surface area contributed by atoms with Crippen LogP contribution in [0.5, 0.6) is 0 Å². The van der Waals surface area contributed by atoms with Gasteiger partial charge in [0.15, 0.2) is 0 Å². The summed E-state index contributed by atoms with van der Waals surface area (Å²) in [6.07, 6.45) is 1.69. The quantitative estimate of drug-likeness (QED) is 0.437. The van der Waals surface area contributed by atoms with Gasteiger partial charge in [0.2, 0.25) is 10.0 Å². The van der Waals surface area contributed by atoms with Crippen molar-refractivity contribution in [2.45, 2.75) is 30.3 Å². The van der Waals surface area contributed by atoms with Gasteiger partial charge in [-0.25, -0.2) is 18.0 Å². The average molecular weight is 526 g/mol. The van der Waals surface area contributed by atoms with E-state index in [9.17, 15) is 23.1 Å². The van der Waals surface area contributed by atoms with E-state index in [1.807, 2.05) is 31.2 Å². The van der Waals surface area contributed by atoms with Gasteiger partial charge in [0.05, 0.1) is 35.2 Å². The van der Waals surface area contributed by atoms with Gasteiger partial charge < -0.3 is 9.84 Å². The lowest BCUT2D eigenvalue weighted by molar-refractivity contribution is -0.133. The molecule has 7 nitrogen and oxygen atoms in total. The van der Waals surface area contributed by atoms with Crippen molar-refractivity contribution in [2.24, 2.45) is 0 Å². The molecule has 1 N–H and O–H groups in total. The van der Waals surface area contributed by atoms with Gasteiger partial charge in [-0.1, -0.05) is 71.8 Å². The molecule has 0 spiro atoms. The fraction of sp³-hybridized carbons (Fsp3) is 0.185. The zero-order valence-corrected chi connectivity index (χ0v) is 21.2. The fourth-order valence-corrected chi connectivity index (χ4v) is 6.50. The predicted octanol–water partition coefficient (Wildman–Crippen LogP) is 5.32. The molecule has 0 fully saturated rings. The van der Waals surface area contributed by atoms with Gasteiger partial charge in [0.25, 0.3) is 0 Å². The summed E-state index contributed by atoms with van der Waals surface area (Å²) in [5.74, 6) is -2.05. The lowest BCUT2D eigenvalue weighted by Gasteiger charge is -2.41. The Kier molecular flexibility index (Phi) is 7.31. The summed E-state index contributed by atoms with van der Waals surface area (Å²) < 4.78 is 34.8. The number of carboxylic acids is 1. The van der Waals surface area contributed by atoms with E-state index in [1.165, 1.54) is 35.7 Å². The van der Waals surface area contributed by atoms with Crippen molar-refractivity contribution >= 4 is 33.6 Å². The highest BCUT2D eigenvalue weighted by molar-refractivity contribution is 7.89. The number of hydrogen-bond donors (Lipinski definition) is 1. The van der Waals surface area contributed by atoms with Crippen LogP contribution in [-0.2, 0) is 19.6 Å². The van der Waals surface area contributed by atoms with Crippen molar-refractivity contribution in [3.8, 4) is 0 Å². The molecule has 0 saturated carbocycles.